The van der Waals surface area contributed by atoms with Gasteiger partial charge in [-0.1, -0.05) is 42.5 Å². The molecular formula is C26H24N2O3. The molecule has 0 atom stereocenters. The Morgan fingerprint density at radius 3 is 2.42 bits per heavy atom. The second-order valence-corrected chi connectivity index (χ2v) is 7.16. The van der Waals surface area contributed by atoms with Gasteiger partial charge >= 0.3 is 5.97 Å². The van der Waals surface area contributed by atoms with E-state index in [4.69, 9.17) is 9.84 Å². The van der Waals surface area contributed by atoms with Crippen LogP contribution in [0.5, 0.6) is 5.75 Å². The zero-order chi connectivity index (χ0) is 21.6. The Bertz CT molecular complexity index is 1160. The van der Waals surface area contributed by atoms with E-state index in [0.717, 1.165) is 40.6 Å². The molecule has 4 aromatic rings. The van der Waals surface area contributed by atoms with Crippen LogP contribution < -0.4 is 10.1 Å². The number of anilines is 2. The number of rotatable bonds is 8. The molecule has 0 unspecified atom stereocenters. The molecule has 3 aromatic carbocycles. The molecule has 0 aliphatic rings. The summed E-state index contributed by atoms with van der Waals surface area (Å²) in [5.74, 6) is 0.834. The van der Waals surface area contributed by atoms with Gasteiger partial charge in [-0.25, -0.2) is 4.79 Å². The smallest absolute Gasteiger partial charge is 0.335 e. The Morgan fingerprint density at radius 1 is 0.935 bits per heavy atom. The molecule has 0 radical (unpaired) electrons. The molecule has 0 saturated heterocycles. The van der Waals surface area contributed by atoms with Crippen LogP contribution >= 0.6 is 0 Å². The minimum Gasteiger partial charge on any atom is -0.489 e. The first kappa shape index (κ1) is 20.3. The summed E-state index contributed by atoms with van der Waals surface area (Å²) in [5, 5.41) is 12.4. The molecule has 0 aliphatic carbocycles. The Hall–Kier alpha value is -3.99. The van der Waals surface area contributed by atoms with Crippen LogP contribution in [0.3, 0.4) is 0 Å². The molecule has 0 spiro atoms. The number of aromatic carboxylic acids is 1. The highest BCUT2D eigenvalue weighted by atomic mass is 16.5. The van der Waals surface area contributed by atoms with Crippen molar-refractivity contribution in [1.82, 2.24) is 4.57 Å². The molecule has 5 heteroatoms. The molecule has 0 aliphatic heterocycles. The lowest BCUT2D eigenvalue weighted by Crippen LogP contribution is -2.03. The van der Waals surface area contributed by atoms with Gasteiger partial charge in [-0.2, -0.15) is 0 Å². The van der Waals surface area contributed by atoms with Crippen molar-refractivity contribution < 1.29 is 14.6 Å². The number of benzene rings is 3. The fourth-order valence-corrected chi connectivity index (χ4v) is 3.50. The number of carboxylic acid groups (broad SMARTS) is 1. The fraction of sp³-hybridized carbons (Fsp3) is 0.115. The Kier molecular flexibility index (Phi) is 6.03. The summed E-state index contributed by atoms with van der Waals surface area (Å²) in [7, 11) is 0. The van der Waals surface area contributed by atoms with Crippen LogP contribution in [-0.2, 0) is 13.2 Å². The number of carbonyl (C=O) groups is 1. The van der Waals surface area contributed by atoms with Crippen molar-refractivity contribution in [2.24, 2.45) is 0 Å². The van der Waals surface area contributed by atoms with E-state index in [9.17, 15) is 4.79 Å². The van der Waals surface area contributed by atoms with Crippen LogP contribution in [0.4, 0.5) is 11.5 Å². The Balaban J connectivity index is 1.53. The third-order valence-corrected chi connectivity index (χ3v) is 5.08. The lowest BCUT2D eigenvalue weighted by atomic mass is 10.1. The molecule has 0 fully saturated rings. The predicted octanol–water partition coefficient (Wildman–Crippen LogP) is 6.20. The van der Waals surface area contributed by atoms with Gasteiger partial charge in [0.1, 0.15) is 18.2 Å². The Labute approximate surface area is 181 Å². The molecule has 0 amide bonds. The second kappa shape index (κ2) is 9.22. The molecule has 4 rings (SSSR count). The number of hydrogen-bond donors (Lipinski definition) is 2. The van der Waals surface area contributed by atoms with Crippen LogP contribution in [-0.4, -0.2) is 15.6 Å². The topological polar surface area (TPSA) is 63.5 Å². The summed E-state index contributed by atoms with van der Waals surface area (Å²) in [5.41, 5.74) is 4.39. The van der Waals surface area contributed by atoms with E-state index >= 15 is 0 Å². The number of aromatic nitrogens is 1. The van der Waals surface area contributed by atoms with Crippen molar-refractivity contribution in [2.75, 3.05) is 5.32 Å². The number of nitrogens with one attached hydrogen (secondary N) is 1. The van der Waals surface area contributed by atoms with E-state index in [-0.39, 0.29) is 5.56 Å². The number of hydrogen-bond acceptors (Lipinski definition) is 3. The molecule has 1 heterocycles. The highest BCUT2D eigenvalue weighted by Crippen LogP contribution is 2.30. The minimum atomic E-state index is -0.930. The van der Waals surface area contributed by atoms with Gasteiger partial charge in [0.25, 0.3) is 0 Å². The van der Waals surface area contributed by atoms with Crippen LogP contribution in [0.25, 0.3) is 11.3 Å². The zero-order valence-corrected chi connectivity index (χ0v) is 17.3. The lowest BCUT2D eigenvalue weighted by Gasteiger charge is -2.14. The van der Waals surface area contributed by atoms with Gasteiger partial charge in [-0.15, -0.1) is 0 Å². The van der Waals surface area contributed by atoms with Crippen molar-refractivity contribution >= 4 is 17.5 Å². The summed E-state index contributed by atoms with van der Waals surface area (Å²) in [6, 6.07) is 29.0. The molecule has 1 aromatic heterocycles. The SMILES string of the molecule is CCn1c(Nc2ccc(C(=O)O)cc2)ccc1-c1cccc(OCc2ccccc2)c1. The van der Waals surface area contributed by atoms with Crippen molar-refractivity contribution in [3.8, 4) is 17.0 Å². The first-order valence-electron chi connectivity index (χ1n) is 10.2. The number of ether oxygens (including phenoxy) is 1. The second-order valence-electron chi connectivity index (χ2n) is 7.16. The molecule has 0 bridgehead atoms. The Morgan fingerprint density at radius 2 is 1.71 bits per heavy atom. The normalized spacial score (nSPS) is 10.6. The molecule has 2 N–H and O–H groups in total. The molecule has 5 nitrogen and oxygen atoms in total. The highest BCUT2D eigenvalue weighted by molar-refractivity contribution is 5.88. The van der Waals surface area contributed by atoms with Crippen molar-refractivity contribution in [2.45, 2.75) is 20.1 Å². The minimum absolute atomic E-state index is 0.268. The van der Waals surface area contributed by atoms with Crippen LogP contribution in [0.1, 0.15) is 22.8 Å². The third-order valence-electron chi connectivity index (χ3n) is 5.08. The molecular weight excluding hydrogens is 388 g/mol. The van der Waals surface area contributed by atoms with E-state index in [1.165, 1.54) is 0 Å². The van der Waals surface area contributed by atoms with Gasteiger partial charge in [0.2, 0.25) is 0 Å². The maximum absolute atomic E-state index is 11.1. The standard InChI is InChI=1S/C26H24N2O3/c1-2-28-24(15-16-25(28)27-22-13-11-20(12-14-22)26(29)30)21-9-6-10-23(17-21)31-18-19-7-4-3-5-8-19/h3-17,27H,2,18H2,1H3,(H,29,30). The van der Waals surface area contributed by atoms with Gasteiger partial charge in [0.05, 0.1) is 5.56 Å². The van der Waals surface area contributed by atoms with Gasteiger partial charge in [-0.3, -0.25) is 0 Å². The highest BCUT2D eigenvalue weighted by Gasteiger charge is 2.11. The molecule has 0 saturated carbocycles. The summed E-state index contributed by atoms with van der Waals surface area (Å²) in [4.78, 5) is 11.1. The van der Waals surface area contributed by atoms with Crippen molar-refractivity contribution in [3.63, 3.8) is 0 Å². The van der Waals surface area contributed by atoms with Crippen LogP contribution in [0.15, 0.2) is 91.0 Å². The van der Waals surface area contributed by atoms with E-state index in [2.05, 4.69) is 35.0 Å². The van der Waals surface area contributed by atoms with Gasteiger partial charge in [0.15, 0.2) is 0 Å². The van der Waals surface area contributed by atoms with Gasteiger partial charge in [-0.05, 0) is 61.0 Å². The predicted molar refractivity (Wildman–Crippen MR) is 123 cm³/mol. The van der Waals surface area contributed by atoms with Crippen LogP contribution in [0.2, 0.25) is 0 Å². The van der Waals surface area contributed by atoms with E-state index in [1.807, 2.05) is 48.5 Å². The van der Waals surface area contributed by atoms with Crippen LogP contribution in [0, 0.1) is 0 Å². The fourth-order valence-electron chi connectivity index (χ4n) is 3.50. The maximum atomic E-state index is 11.1. The monoisotopic (exact) mass is 412 g/mol. The van der Waals surface area contributed by atoms with E-state index in [1.54, 1.807) is 24.3 Å². The largest absolute Gasteiger partial charge is 0.489 e. The average Bonchev–Trinajstić information content (AvgIpc) is 3.21. The van der Waals surface area contributed by atoms with E-state index in [0.29, 0.717) is 6.61 Å². The average molecular weight is 412 g/mol. The summed E-state index contributed by atoms with van der Waals surface area (Å²) in [6.07, 6.45) is 0. The van der Waals surface area contributed by atoms with Gasteiger partial charge < -0.3 is 19.7 Å². The van der Waals surface area contributed by atoms with E-state index < -0.39 is 5.97 Å². The zero-order valence-electron chi connectivity index (χ0n) is 17.3. The van der Waals surface area contributed by atoms with Gasteiger partial charge in [0, 0.05) is 23.5 Å². The number of nitrogens with zero attached hydrogens (tertiary/aromatic N) is 1. The molecule has 156 valence electrons. The maximum Gasteiger partial charge on any atom is 0.335 e. The molecule has 31 heavy (non-hydrogen) atoms. The first-order valence-corrected chi connectivity index (χ1v) is 10.2. The summed E-state index contributed by atoms with van der Waals surface area (Å²) < 4.78 is 8.17. The van der Waals surface area contributed by atoms with Crippen molar-refractivity contribution in [3.05, 3.63) is 102 Å². The third kappa shape index (κ3) is 4.78. The van der Waals surface area contributed by atoms with Crippen molar-refractivity contribution in [1.29, 1.82) is 0 Å². The summed E-state index contributed by atoms with van der Waals surface area (Å²) >= 11 is 0. The quantitative estimate of drug-likeness (QED) is 0.362. The first-order chi connectivity index (χ1) is 15.1. The summed E-state index contributed by atoms with van der Waals surface area (Å²) in [6.45, 7) is 3.41. The number of carboxylic acids is 1. The lowest BCUT2D eigenvalue weighted by molar-refractivity contribution is 0.0697.